The average molecular weight is 314 g/mol. The molecule has 0 fully saturated rings. The fraction of sp³-hybridized carbons (Fsp3) is 0.222. The van der Waals surface area contributed by atoms with Gasteiger partial charge in [0, 0.05) is 25.1 Å². The van der Waals surface area contributed by atoms with E-state index in [0.717, 1.165) is 5.56 Å². The Hall–Kier alpha value is -2.69. The maximum Gasteiger partial charge on any atom is 0.251 e. The molecular weight excluding hydrogens is 295 g/mol. The van der Waals surface area contributed by atoms with Crippen LogP contribution in [0.25, 0.3) is 0 Å². The quantitative estimate of drug-likeness (QED) is 0.861. The first-order chi connectivity index (χ1) is 11.1. The zero-order chi connectivity index (χ0) is 16.7. The van der Waals surface area contributed by atoms with E-state index in [1.807, 2.05) is 6.07 Å². The van der Waals surface area contributed by atoms with Gasteiger partial charge in [-0.2, -0.15) is 0 Å². The Morgan fingerprint density at radius 1 is 1.04 bits per heavy atom. The number of hydrogen-bond acceptors (Lipinski definition) is 2. The van der Waals surface area contributed by atoms with Gasteiger partial charge in [-0.3, -0.25) is 9.59 Å². The van der Waals surface area contributed by atoms with Gasteiger partial charge in [-0.15, -0.1) is 0 Å². The van der Waals surface area contributed by atoms with E-state index in [4.69, 9.17) is 0 Å². The molecule has 120 valence electrons. The number of carbonyl (C=O) groups is 2. The lowest BCUT2D eigenvalue weighted by molar-refractivity contribution is -0.121. The minimum atomic E-state index is -0.260. The number of amides is 2. The molecule has 0 heterocycles. The predicted molar refractivity (Wildman–Crippen MR) is 86.4 cm³/mol. The van der Waals surface area contributed by atoms with Crippen LogP contribution in [0.3, 0.4) is 0 Å². The standard InChI is InChI=1S/C18H19FN2O2/c1-13-11-14(7-8-16(13)19)12-21-17(22)9-10-20-18(23)15-5-3-2-4-6-15/h2-8,11H,9-10,12H2,1H3,(H,20,23)(H,21,22). The van der Waals surface area contributed by atoms with Crippen molar-refractivity contribution >= 4 is 11.8 Å². The van der Waals surface area contributed by atoms with Crippen LogP contribution in [0.5, 0.6) is 0 Å². The molecule has 0 aliphatic rings. The van der Waals surface area contributed by atoms with Gasteiger partial charge in [-0.25, -0.2) is 4.39 Å². The van der Waals surface area contributed by atoms with Crippen LogP contribution < -0.4 is 10.6 Å². The fourth-order valence-corrected chi connectivity index (χ4v) is 2.09. The highest BCUT2D eigenvalue weighted by atomic mass is 19.1. The van der Waals surface area contributed by atoms with Crippen molar-refractivity contribution < 1.29 is 14.0 Å². The summed E-state index contributed by atoms with van der Waals surface area (Å²) in [4.78, 5) is 23.5. The van der Waals surface area contributed by atoms with Crippen LogP contribution in [0.2, 0.25) is 0 Å². The van der Waals surface area contributed by atoms with Gasteiger partial charge in [0.15, 0.2) is 0 Å². The number of aryl methyl sites for hydroxylation is 1. The molecule has 4 nitrogen and oxygen atoms in total. The summed E-state index contributed by atoms with van der Waals surface area (Å²) in [5.41, 5.74) is 1.95. The fourth-order valence-electron chi connectivity index (χ4n) is 2.09. The van der Waals surface area contributed by atoms with Gasteiger partial charge in [0.1, 0.15) is 5.82 Å². The molecule has 0 unspecified atom stereocenters. The number of benzene rings is 2. The van der Waals surface area contributed by atoms with E-state index in [9.17, 15) is 14.0 Å². The van der Waals surface area contributed by atoms with Crippen LogP contribution in [0.4, 0.5) is 4.39 Å². The third-order valence-electron chi connectivity index (χ3n) is 3.39. The maximum absolute atomic E-state index is 13.2. The molecule has 23 heavy (non-hydrogen) atoms. The van der Waals surface area contributed by atoms with Crippen LogP contribution in [-0.4, -0.2) is 18.4 Å². The zero-order valence-electron chi connectivity index (χ0n) is 12.9. The molecular formula is C18H19FN2O2. The van der Waals surface area contributed by atoms with Crippen LogP contribution in [0.15, 0.2) is 48.5 Å². The highest BCUT2D eigenvalue weighted by molar-refractivity contribution is 5.94. The third kappa shape index (κ3) is 5.21. The Balaban J connectivity index is 1.71. The molecule has 0 radical (unpaired) electrons. The summed E-state index contributed by atoms with van der Waals surface area (Å²) in [6.45, 7) is 2.29. The van der Waals surface area contributed by atoms with E-state index in [1.165, 1.54) is 6.07 Å². The lowest BCUT2D eigenvalue weighted by atomic mass is 10.1. The SMILES string of the molecule is Cc1cc(CNC(=O)CCNC(=O)c2ccccc2)ccc1F. The van der Waals surface area contributed by atoms with Crippen molar-refractivity contribution in [1.82, 2.24) is 10.6 Å². The molecule has 0 aliphatic heterocycles. The monoisotopic (exact) mass is 314 g/mol. The molecule has 2 rings (SSSR count). The summed E-state index contributed by atoms with van der Waals surface area (Å²) < 4.78 is 13.2. The second kappa shape index (κ2) is 8.08. The van der Waals surface area contributed by atoms with Crippen molar-refractivity contribution in [3.8, 4) is 0 Å². The summed E-state index contributed by atoms with van der Waals surface area (Å²) in [6, 6.07) is 13.6. The maximum atomic E-state index is 13.2. The summed E-state index contributed by atoms with van der Waals surface area (Å²) in [5.74, 6) is -0.628. The average Bonchev–Trinajstić information content (AvgIpc) is 2.56. The Morgan fingerprint density at radius 3 is 2.48 bits per heavy atom. The normalized spacial score (nSPS) is 10.2. The highest BCUT2D eigenvalue weighted by Crippen LogP contribution is 2.08. The molecule has 0 aliphatic carbocycles. The number of carbonyl (C=O) groups excluding carboxylic acids is 2. The van der Waals surface area contributed by atoms with Gasteiger partial charge in [-0.05, 0) is 36.2 Å². The van der Waals surface area contributed by atoms with E-state index in [-0.39, 0.29) is 30.6 Å². The molecule has 0 bridgehead atoms. The van der Waals surface area contributed by atoms with Crippen molar-refractivity contribution in [3.05, 3.63) is 71.0 Å². The van der Waals surface area contributed by atoms with Gasteiger partial charge in [-0.1, -0.05) is 30.3 Å². The molecule has 5 heteroatoms. The van der Waals surface area contributed by atoms with Crippen LogP contribution >= 0.6 is 0 Å². The van der Waals surface area contributed by atoms with Crippen LogP contribution in [0, 0.1) is 12.7 Å². The van der Waals surface area contributed by atoms with E-state index in [1.54, 1.807) is 43.3 Å². The van der Waals surface area contributed by atoms with Gasteiger partial charge in [0.2, 0.25) is 5.91 Å². The van der Waals surface area contributed by atoms with Gasteiger partial charge in [0.05, 0.1) is 0 Å². The molecule has 0 saturated heterocycles. The minimum Gasteiger partial charge on any atom is -0.352 e. The Kier molecular flexibility index (Phi) is 5.86. The zero-order valence-corrected chi connectivity index (χ0v) is 12.9. The van der Waals surface area contributed by atoms with Crippen molar-refractivity contribution in [2.75, 3.05) is 6.54 Å². The summed E-state index contributed by atoms with van der Waals surface area (Å²) in [5, 5.41) is 5.44. The van der Waals surface area contributed by atoms with E-state index in [2.05, 4.69) is 10.6 Å². The lowest BCUT2D eigenvalue weighted by Gasteiger charge is -2.08. The Bertz CT molecular complexity index is 687. The molecule has 2 aromatic rings. The predicted octanol–water partition coefficient (Wildman–Crippen LogP) is 2.57. The van der Waals surface area contributed by atoms with Crippen molar-refractivity contribution in [1.29, 1.82) is 0 Å². The Morgan fingerprint density at radius 2 is 1.78 bits per heavy atom. The van der Waals surface area contributed by atoms with Gasteiger partial charge < -0.3 is 10.6 Å². The van der Waals surface area contributed by atoms with Crippen LogP contribution in [-0.2, 0) is 11.3 Å². The summed E-state index contributed by atoms with van der Waals surface area (Å²) >= 11 is 0. The molecule has 2 aromatic carbocycles. The van der Waals surface area contributed by atoms with E-state index in [0.29, 0.717) is 17.7 Å². The number of halogens is 1. The van der Waals surface area contributed by atoms with E-state index < -0.39 is 0 Å². The third-order valence-corrected chi connectivity index (χ3v) is 3.39. The molecule has 0 spiro atoms. The van der Waals surface area contributed by atoms with Crippen molar-refractivity contribution in [2.24, 2.45) is 0 Å². The molecule has 0 atom stereocenters. The summed E-state index contributed by atoms with van der Waals surface area (Å²) in [6.07, 6.45) is 0.193. The smallest absolute Gasteiger partial charge is 0.251 e. The minimum absolute atomic E-state index is 0.166. The number of hydrogen-bond donors (Lipinski definition) is 2. The Labute approximate surface area is 134 Å². The first kappa shape index (κ1) is 16.7. The van der Waals surface area contributed by atoms with E-state index >= 15 is 0 Å². The number of nitrogens with one attached hydrogen (secondary N) is 2. The largest absolute Gasteiger partial charge is 0.352 e. The second-order valence-corrected chi connectivity index (χ2v) is 5.23. The molecule has 2 N–H and O–H groups in total. The molecule has 2 amide bonds. The lowest BCUT2D eigenvalue weighted by Crippen LogP contribution is -2.30. The summed E-state index contributed by atoms with van der Waals surface area (Å²) in [7, 11) is 0. The molecule has 0 aromatic heterocycles. The number of rotatable bonds is 6. The molecule has 0 saturated carbocycles. The van der Waals surface area contributed by atoms with Gasteiger partial charge >= 0.3 is 0 Å². The van der Waals surface area contributed by atoms with Crippen molar-refractivity contribution in [2.45, 2.75) is 19.9 Å². The second-order valence-electron chi connectivity index (χ2n) is 5.23. The van der Waals surface area contributed by atoms with Gasteiger partial charge in [0.25, 0.3) is 5.91 Å². The van der Waals surface area contributed by atoms with Crippen molar-refractivity contribution in [3.63, 3.8) is 0 Å². The first-order valence-electron chi connectivity index (χ1n) is 7.41. The van der Waals surface area contributed by atoms with Crippen LogP contribution in [0.1, 0.15) is 27.9 Å². The first-order valence-corrected chi connectivity index (χ1v) is 7.41. The topological polar surface area (TPSA) is 58.2 Å². The highest BCUT2D eigenvalue weighted by Gasteiger charge is 2.06.